The number of halogens is 1. The van der Waals surface area contributed by atoms with E-state index in [0.717, 1.165) is 5.56 Å². The minimum absolute atomic E-state index is 0.145. The average molecular weight is 305 g/mol. The number of rotatable bonds is 5. The van der Waals surface area contributed by atoms with Gasteiger partial charge in [-0.2, -0.15) is 0 Å². The van der Waals surface area contributed by atoms with Crippen LogP contribution < -0.4 is 11.1 Å². The molecule has 21 heavy (non-hydrogen) atoms. The summed E-state index contributed by atoms with van der Waals surface area (Å²) in [4.78, 5) is 12.2. The van der Waals surface area contributed by atoms with Gasteiger partial charge < -0.3 is 16.2 Å². The molecule has 0 saturated heterocycles. The molecule has 0 heterocycles. The number of aliphatic hydroxyl groups is 1. The summed E-state index contributed by atoms with van der Waals surface area (Å²) in [6, 6.07) is 14.0. The van der Waals surface area contributed by atoms with E-state index in [9.17, 15) is 9.90 Å². The zero-order valence-corrected chi connectivity index (χ0v) is 12.2. The van der Waals surface area contributed by atoms with E-state index < -0.39 is 0 Å². The number of nitrogens with two attached hydrogens (primary N) is 1. The molecule has 2 aromatic carbocycles. The van der Waals surface area contributed by atoms with Crippen molar-refractivity contribution in [3.05, 3.63) is 64.7 Å². The van der Waals surface area contributed by atoms with Crippen LogP contribution in [0.4, 0.5) is 5.69 Å². The molecule has 2 rings (SSSR count). The Kier molecular flexibility index (Phi) is 5.20. The third kappa shape index (κ3) is 4.21. The second-order valence-corrected chi connectivity index (χ2v) is 5.21. The first kappa shape index (κ1) is 15.4. The number of amides is 1. The zero-order chi connectivity index (χ0) is 15.2. The van der Waals surface area contributed by atoms with Crippen LogP contribution in [0.5, 0.6) is 0 Å². The molecule has 1 atom stereocenters. The smallest absolute Gasteiger partial charge is 0.253 e. The first-order valence-electron chi connectivity index (χ1n) is 6.61. The lowest BCUT2D eigenvalue weighted by Crippen LogP contribution is -2.39. The number of aliphatic hydroxyl groups excluding tert-OH is 1. The number of carbonyl (C=O) groups excluding carboxylic acids is 1. The van der Waals surface area contributed by atoms with Crippen molar-refractivity contribution < 1.29 is 9.90 Å². The van der Waals surface area contributed by atoms with Crippen LogP contribution >= 0.6 is 11.6 Å². The van der Waals surface area contributed by atoms with Gasteiger partial charge in [0.25, 0.3) is 5.91 Å². The van der Waals surface area contributed by atoms with Crippen LogP contribution in [0.25, 0.3) is 0 Å². The first-order valence-corrected chi connectivity index (χ1v) is 6.98. The van der Waals surface area contributed by atoms with Crippen molar-refractivity contribution in [2.24, 2.45) is 0 Å². The molecule has 0 aliphatic carbocycles. The number of hydrogen-bond acceptors (Lipinski definition) is 3. The van der Waals surface area contributed by atoms with Gasteiger partial charge in [-0.25, -0.2) is 0 Å². The van der Waals surface area contributed by atoms with E-state index in [1.807, 2.05) is 30.3 Å². The van der Waals surface area contributed by atoms with Crippen LogP contribution in [0.15, 0.2) is 48.5 Å². The van der Waals surface area contributed by atoms with Crippen LogP contribution in [0.3, 0.4) is 0 Å². The van der Waals surface area contributed by atoms with E-state index in [2.05, 4.69) is 5.32 Å². The minimum Gasteiger partial charge on any atom is -0.398 e. The summed E-state index contributed by atoms with van der Waals surface area (Å²) < 4.78 is 0. The van der Waals surface area contributed by atoms with Gasteiger partial charge in [-0.1, -0.05) is 41.9 Å². The molecule has 0 radical (unpaired) electrons. The maximum atomic E-state index is 12.2. The molecule has 110 valence electrons. The van der Waals surface area contributed by atoms with E-state index in [0.29, 0.717) is 22.7 Å². The Balaban J connectivity index is 2.06. The van der Waals surface area contributed by atoms with Gasteiger partial charge in [0.1, 0.15) is 0 Å². The summed E-state index contributed by atoms with van der Waals surface area (Å²) in [5.74, 6) is -0.320. The highest BCUT2D eigenvalue weighted by Gasteiger charge is 2.15. The normalized spacial score (nSPS) is 11.9. The van der Waals surface area contributed by atoms with Crippen molar-refractivity contribution in [1.82, 2.24) is 5.32 Å². The van der Waals surface area contributed by atoms with Gasteiger partial charge in [0.2, 0.25) is 0 Å². The Bertz CT molecular complexity index is 617. The van der Waals surface area contributed by atoms with Gasteiger partial charge in [0.05, 0.1) is 18.2 Å². The second kappa shape index (κ2) is 7.11. The molecule has 0 bridgehead atoms. The quantitative estimate of drug-likeness (QED) is 0.742. The molecule has 0 fully saturated rings. The molecule has 1 amide bonds. The second-order valence-electron chi connectivity index (χ2n) is 4.77. The molecule has 0 unspecified atom stereocenters. The predicted molar refractivity (Wildman–Crippen MR) is 84.4 cm³/mol. The molecule has 0 saturated carbocycles. The van der Waals surface area contributed by atoms with Crippen LogP contribution in [0.1, 0.15) is 15.9 Å². The van der Waals surface area contributed by atoms with Crippen LogP contribution in [0, 0.1) is 0 Å². The summed E-state index contributed by atoms with van der Waals surface area (Å²) >= 11 is 5.81. The summed E-state index contributed by atoms with van der Waals surface area (Å²) in [6.07, 6.45) is 0.552. The van der Waals surface area contributed by atoms with Gasteiger partial charge >= 0.3 is 0 Å². The molecule has 0 aromatic heterocycles. The molecule has 5 heteroatoms. The molecule has 0 aliphatic rings. The fourth-order valence-electron chi connectivity index (χ4n) is 2.06. The van der Waals surface area contributed by atoms with Crippen LogP contribution in [0.2, 0.25) is 5.02 Å². The average Bonchev–Trinajstić information content (AvgIpc) is 2.47. The third-order valence-electron chi connectivity index (χ3n) is 3.14. The lowest BCUT2D eigenvalue weighted by atomic mass is 10.1. The molecular formula is C16H17ClN2O2. The maximum absolute atomic E-state index is 12.2. The highest BCUT2D eigenvalue weighted by Crippen LogP contribution is 2.18. The molecule has 0 spiro atoms. The highest BCUT2D eigenvalue weighted by atomic mass is 35.5. The number of benzene rings is 2. The lowest BCUT2D eigenvalue weighted by Gasteiger charge is -2.17. The Morgan fingerprint density at radius 3 is 2.57 bits per heavy atom. The van der Waals surface area contributed by atoms with E-state index in [1.165, 1.54) is 6.07 Å². The summed E-state index contributed by atoms with van der Waals surface area (Å²) in [7, 11) is 0. The Morgan fingerprint density at radius 2 is 1.95 bits per heavy atom. The Morgan fingerprint density at radius 1 is 1.24 bits per heavy atom. The van der Waals surface area contributed by atoms with E-state index in [-0.39, 0.29) is 18.6 Å². The van der Waals surface area contributed by atoms with Crippen molar-refractivity contribution in [3.63, 3.8) is 0 Å². The first-order chi connectivity index (χ1) is 10.1. The third-order valence-corrected chi connectivity index (χ3v) is 3.37. The fourth-order valence-corrected chi connectivity index (χ4v) is 2.24. The molecular weight excluding hydrogens is 288 g/mol. The largest absolute Gasteiger partial charge is 0.398 e. The number of nitrogen functional groups attached to an aromatic ring is 1. The summed E-state index contributed by atoms with van der Waals surface area (Å²) in [5, 5.41) is 12.7. The lowest BCUT2D eigenvalue weighted by molar-refractivity contribution is 0.0917. The van der Waals surface area contributed by atoms with Crippen molar-refractivity contribution in [2.75, 3.05) is 12.3 Å². The summed E-state index contributed by atoms with van der Waals surface area (Å²) in [5.41, 5.74) is 7.50. The molecule has 4 N–H and O–H groups in total. The van der Waals surface area contributed by atoms with Crippen molar-refractivity contribution in [2.45, 2.75) is 12.5 Å². The maximum Gasteiger partial charge on any atom is 0.253 e. The molecule has 2 aromatic rings. The van der Waals surface area contributed by atoms with Crippen LogP contribution in [-0.4, -0.2) is 23.7 Å². The van der Waals surface area contributed by atoms with Crippen LogP contribution in [-0.2, 0) is 6.42 Å². The van der Waals surface area contributed by atoms with Gasteiger partial charge in [-0.15, -0.1) is 0 Å². The number of carbonyl (C=O) groups is 1. The standard InChI is InChI=1S/C16H17ClN2O2/c17-12-6-7-14(15(18)9-12)16(21)19-13(10-20)8-11-4-2-1-3-5-11/h1-7,9,13,20H,8,10,18H2,(H,19,21)/t13-/m1/s1. The van der Waals surface area contributed by atoms with Gasteiger partial charge in [0.15, 0.2) is 0 Å². The number of nitrogens with one attached hydrogen (secondary N) is 1. The topological polar surface area (TPSA) is 75.4 Å². The summed E-state index contributed by atoms with van der Waals surface area (Å²) in [6.45, 7) is -0.145. The zero-order valence-electron chi connectivity index (χ0n) is 11.4. The SMILES string of the molecule is Nc1cc(Cl)ccc1C(=O)N[C@@H](CO)Cc1ccccc1. The van der Waals surface area contributed by atoms with Crippen molar-refractivity contribution in [3.8, 4) is 0 Å². The highest BCUT2D eigenvalue weighted by molar-refractivity contribution is 6.31. The van der Waals surface area contributed by atoms with Crippen molar-refractivity contribution in [1.29, 1.82) is 0 Å². The molecule has 4 nitrogen and oxygen atoms in total. The monoisotopic (exact) mass is 304 g/mol. The van der Waals surface area contributed by atoms with E-state index in [1.54, 1.807) is 12.1 Å². The Labute approximate surface area is 128 Å². The van der Waals surface area contributed by atoms with Crippen molar-refractivity contribution >= 4 is 23.2 Å². The Hall–Kier alpha value is -2.04. The fraction of sp³-hybridized carbons (Fsp3) is 0.188. The van der Waals surface area contributed by atoms with E-state index >= 15 is 0 Å². The number of hydrogen-bond donors (Lipinski definition) is 3. The number of anilines is 1. The van der Waals surface area contributed by atoms with Gasteiger partial charge in [-0.05, 0) is 30.2 Å². The minimum atomic E-state index is -0.366. The van der Waals surface area contributed by atoms with E-state index in [4.69, 9.17) is 17.3 Å². The van der Waals surface area contributed by atoms with Gasteiger partial charge in [-0.3, -0.25) is 4.79 Å². The molecule has 0 aliphatic heterocycles. The van der Waals surface area contributed by atoms with Gasteiger partial charge in [0, 0.05) is 10.7 Å². The predicted octanol–water partition coefficient (Wildman–Crippen LogP) is 2.26.